The molecule has 2 atom stereocenters. The van der Waals surface area contributed by atoms with Crippen molar-refractivity contribution < 1.29 is 10.2 Å². The van der Waals surface area contributed by atoms with Crippen molar-refractivity contribution in [1.29, 1.82) is 0 Å². The van der Waals surface area contributed by atoms with Crippen LogP contribution in [0.15, 0.2) is 0 Å². The molecule has 0 rings (SSSR count). The normalized spacial score (nSPS) is 19.6. The van der Waals surface area contributed by atoms with Crippen molar-refractivity contribution in [3.05, 3.63) is 0 Å². The van der Waals surface area contributed by atoms with E-state index in [2.05, 4.69) is 5.32 Å². The van der Waals surface area contributed by atoms with Crippen LogP contribution in [0.4, 0.5) is 0 Å². The van der Waals surface area contributed by atoms with E-state index in [9.17, 15) is 10.2 Å². The van der Waals surface area contributed by atoms with Gasteiger partial charge in [-0.05, 0) is 19.4 Å². The standard InChI is InChI=1S/C10H23NO2/c1-9(2,3)10(4,13)6-8(12)7-11-5/h8,11-13H,6-7H2,1-5H3/t8-,10+/m1/s1. The Morgan fingerprint density at radius 1 is 1.23 bits per heavy atom. The number of nitrogens with one attached hydrogen (secondary N) is 1. The van der Waals surface area contributed by atoms with E-state index in [0.717, 1.165) is 0 Å². The van der Waals surface area contributed by atoms with E-state index >= 15 is 0 Å². The zero-order valence-corrected chi connectivity index (χ0v) is 9.39. The van der Waals surface area contributed by atoms with Crippen LogP contribution in [0, 0.1) is 5.41 Å². The Hall–Kier alpha value is -0.120. The minimum Gasteiger partial charge on any atom is -0.392 e. The van der Waals surface area contributed by atoms with Crippen LogP contribution >= 0.6 is 0 Å². The number of hydrogen-bond acceptors (Lipinski definition) is 3. The predicted octanol–water partition coefficient (Wildman–Crippen LogP) is 0.754. The molecule has 0 saturated heterocycles. The van der Waals surface area contributed by atoms with E-state index in [1.54, 1.807) is 14.0 Å². The van der Waals surface area contributed by atoms with Crippen molar-refractivity contribution in [2.45, 2.75) is 45.8 Å². The van der Waals surface area contributed by atoms with Crippen molar-refractivity contribution in [2.24, 2.45) is 5.41 Å². The molecular weight excluding hydrogens is 166 g/mol. The topological polar surface area (TPSA) is 52.5 Å². The summed E-state index contributed by atoms with van der Waals surface area (Å²) in [7, 11) is 1.79. The van der Waals surface area contributed by atoms with E-state index in [1.807, 2.05) is 20.8 Å². The summed E-state index contributed by atoms with van der Waals surface area (Å²) in [6.45, 7) is 8.20. The van der Waals surface area contributed by atoms with Crippen molar-refractivity contribution in [2.75, 3.05) is 13.6 Å². The monoisotopic (exact) mass is 189 g/mol. The maximum atomic E-state index is 10.1. The second-order valence-corrected chi connectivity index (χ2v) is 4.94. The molecule has 0 unspecified atom stereocenters. The Bertz CT molecular complexity index is 149. The predicted molar refractivity (Wildman–Crippen MR) is 54.6 cm³/mol. The van der Waals surface area contributed by atoms with Gasteiger partial charge in [0.15, 0.2) is 0 Å². The molecule has 0 heterocycles. The van der Waals surface area contributed by atoms with Gasteiger partial charge in [-0.1, -0.05) is 20.8 Å². The highest BCUT2D eigenvalue weighted by Gasteiger charge is 2.36. The lowest BCUT2D eigenvalue weighted by molar-refractivity contribution is -0.0734. The Balaban J connectivity index is 4.17. The smallest absolute Gasteiger partial charge is 0.0692 e. The van der Waals surface area contributed by atoms with Crippen LogP contribution < -0.4 is 5.32 Å². The highest BCUT2D eigenvalue weighted by atomic mass is 16.3. The fourth-order valence-electron chi connectivity index (χ4n) is 1.07. The molecule has 3 nitrogen and oxygen atoms in total. The molecule has 0 aromatic rings. The number of likely N-dealkylation sites (N-methyl/N-ethyl adjacent to an activating group) is 1. The molecule has 3 N–H and O–H groups in total. The van der Waals surface area contributed by atoms with Crippen LogP contribution in [0.2, 0.25) is 0 Å². The Morgan fingerprint density at radius 2 is 1.69 bits per heavy atom. The number of aliphatic hydroxyl groups is 2. The zero-order chi connectivity index (χ0) is 10.7. The summed E-state index contributed by atoms with van der Waals surface area (Å²) in [6.07, 6.45) is -0.0867. The third-order valence-corrected chi connectivity index (χ3v) is 2.69. The Kier molecular flexibility index (Phi) is 4.36. The highest BCUT2D eigenvalue weighted by molar-refractivity contribution is 4.88. The van der Waals surface area contributed by atoms with Gasteiger partial charge < -0.3 is 15.5 Å². The first-order valence-corrected chi connectivity index (χ1v) is 4.76. The first kappa shape index (κ1) is 12.9. The SMILES string of the molecule is CNC[C@H](O)C[C@](C)(O)C(C)(C)C. The van der Waals surface area contributed by atoms with E-state index in [0.29, 0.717) is 13.0 Å². The maximum Gasteiger partial charge on any atom is 0.0692 e. The molecule has 13 heavy (non-hydrogen) atoms. The van der Waals surface area contributed by atoms with Gasteiger partial charge in [0.1, 0.15) is 0 Å². The molecule has 0 radical (unpaired) electrons. The third kappa shape index (κ3) is 4.07. The average Bonchev–Trinajstić information content (AvgIpc) is 1.83. The summed E-state index contributed by atoms with van der Waals surface area (Å²) in [5, 5.41) is 22.5. The number of hydrogen-bond donors (Lipinski definition) is 3. The molecule has 0 aliphatic rings. The first-order valence-electron chi connectivity index (χ1n) is 4.76. The van der Waals surface area contributed by atoms with Gasteiger partial charge in [0, 0.05) is 13.0 Å². The minimum absolute atomic E-state index is 0.207. The van der Waals surface area contributed by atoms with Gasteiger partial charge in [0.25, 0.3) is 0 Å². The lowest BCUT2D eigenvalue weighted by atomic mass is 9.74. The molecular formula is C10H23NO2. The van der Waals surface area contributed by atoms with Crippen molar-refractivity contribution >= 4 is 0 Å². The van der Waals surface area contributed by atoms with E-state index < -0.39 is 11.7 Å². The first-order chi connectivity index (χ1) is 5.70. The fourth-order valence-corrected chi connectivity index (χ4v) is 1.07. The van der Waals surface area contributed by atoms with Gasteiger partial charge in [-0.25, -0.2) is 0 Å². The molecule has 0 saturated carbocycles. The number of rotatable bonds is 4. The van der Waals surface area contributed by atoms with Crippen LogP contribution in [-0.2, 0) is 0 Å². The molecule has 80 valence electrons. The molecule has 0 fully saturated rings. The fraction of sp³-hybridized carbons (Fsp3) is 1.00. The molecule has 0 aliphatic heterocycles. The van der Waals surface area contributed by atoms with Crippen LogP contribution in [-0.4, -0.2) is 35.5 Å². The molecule has 0 aliphatic carbocycles. The second-order valence-electron chi connectivity index (χ2n) is 4.94. The summed E-state index contributed by atoms with van der Waals surface area (Å²) in [4.78, 5) is 0. The lowest BCUT2D eigenvalue weighted by Crippen LogP contribution is -2.44. The second kappa shape index (κ2) is 4.40. The molecule has 0 amide bonds. The summed E-state index contributed by atoms with van der Waals surface area (Å²) < 4.78 is 0. The summed E-state index contributed by atoms with van der Waals surface area (Å²) in [6, 6.07) is 0. The lowest BCUT2D eigenvalue weighted by Gasteiger charge is -2.38. The van der Waals surface area contributed by atoms with Crippen molar-refractivity contribution in [1.82, 2.24) is 5.32 Å². The summed E-state index contributed by atoms with van der Waals surface area (Å²) in [5.74, 6) is 0. The quantitative estimate of drug-likeness (QED) is 0.612. The molecule has 3 heteroatoms. The van der Waals surface area contributed by atoms with Crippen LogP contribution in [0.25, 0.3) is 0 Å². The summed E-state index contributed by atoms with van der Waals surface area (Å²) in [5.41, 5.74) is -1.04. The molecule has 0 bridgehead atoms. The van der Waals surface area contributed by atoms with E-state index in [4.69, 9.17) is 0 Å². The van der Waals surface area contributed by atoms with Crippen LogP contribution in [0.5, 0.6) is 0 Å². The molecule has 0 aromatic heterocycles. The Morgan fingerprint density at radius 3 is 2.00 bits per heavy atom. The van der Waals surface area contributed by atoms with E-state index in [1.165, 1.54) is 0 Å². The van der Waals surface area contributed by atoms with Crippen LogP contribution in [0.1, 0.15) is 34.1 Å². The minimum atomic E-state index is -0.830. The summed E-state index contributed by atoms with van der Waals surface area (Å²) >= 11 is 0. The maximum absolute atomic E-state index is 10.1. The van der Waals surface area contributed by atoms with Gasteiger partial charge in [-0.2, -0.15) is 0 Å². The Labute approximate surface area is 81.2 Å². The van der Waals surface area contributed by atoms with Crippen LogP contribution in [0.3, 0.4) is 0 Å². The van der Waals surface area contributed by atoms with Crippen molar-refractivity contribution in [3.8, 4) is 0 Å². The number of aliphatic hydroxyl groups excluding tert-OH is 1. The van der Waals surface area contributed by atoms with Gasteiger partial charge in [-0.15, -0.1) is 0 Å². The van der Waals surface area contributed by atoms with Gasteiger partial charge in [-0.3, -0.25) is 0 Å². The average molecular weight is 189 g/mol. The molecule has 0 spiro atoms. The van der Waals surface area contributed by atoms with Gasteiger partial charge >= 0.3 is 0 Å². The van der Waals surface area contributed by atoms with Crippen molar-refractivity contribution in [3.63, 3.8) is 0 Å². The highest BCUT2D eigenvalue weighted by Crippen LogP contribution is 2.33. The van der Waals surface area contributed by atoms with Gasteiger partial charge in [0.2, 0.25) is 0 Å². The van der Waals surface area contributed by atoms with E-state index in [-0.39, 0.29) is 5.41 Å². The third-order valence-electron chi connectivity index (χ3n) is 2.69. The molecule has 0 aromatic carbocycles. The van der Waals surface area contributed by atoms with Gasteiger partial charge in [0.05, 0.1) is 11.7 Å². The zero-order valence-electron chi connectivity index (χ0n) is 9.39. The largest absolute Gasteiger partial charge is 0.392 e.